The van der Waals surface area contributed by atoms with E-state index in [0.717, 1.165) is 5.33 Å². The van der Waals surface area contributed by atoms with Gasteiger partial charge in [0, 0.05) is 5.33 Å². The molecule has 0 aromatic carbocycles. The lowest BCUT2D eigenvalue weighted by Crippen LogP contribution is -1.90. The standard InChI is InChI=1S/C5H6BrIO/c6-3-1-2-5(8)4-7/h1-2H,3-4H2/b2-1+. The summed E-state index contributed by atoms with van der Waals surface area (Å²) in [6, 6.07) is 0. The molecular weight excluding hydrogens is 283 g/mol. The highest BCUT2D eigenvalue weighted by atomic mass is 127. The molecule has 0 atom stereocenters. The maximum Gasteiger partial charge on any atom is 0.165 e. The maximum atomic E-state index is 10.5. The molecule has 0 aromatic heterocycles. The normalized spacial score (nSPS) is 10.2. The van der Waals surface area contributed by atoms with Crippen LogP contribution in [0.3, 0.4) is 0 Å². The SMILES string of the molecule is O=C(/C=C/CBr)CI. The van der Waals surface area contributed by atoms with Crippen LogP contribution in [-0.4, -0.2) is 15.5 Å². The molecule has 0 rings (SSSR count). The Bertz CT molecular complexity index is 101. The number of carbonyl (C=O) groups excluding carboxylic acids is 1. The van der Waals surface area contributed by atoms with Gasteiger partial charge in [0.1, 0.15) is 0 Å². The molecule has 0 aliphatic heterocycles. The number of alkyl halides is 2. The first-order valence-electron chi connectivity index (χ1n) is 2.12. The van der Waals surface area contributed by atoms with Crippen molar-refractivity contribution in [2.24, 2.45) is 0 Å². The van der Waals surface area contributed by atoms with Gasteiger partial charge in [0.05, 0.1) is 4.43 Å². The minimum Gasteiger partial charge on any atom is -0.294 e. The van der Waals surface area contributed by atoms with Crippen molar-refractivity contribution < 1.29 is 4.79 Å². The van der Waals surface area contributed by atoms with E-state index in [9.17, 15) is 4.79 Å². The molecule has 46 valence electrons. The van der Waals surface area contributed by atoms with Crippen LogP contribution in [0.1, 0.15) is 0 Å². The second-order valence-corrected chi connectivity index (χ2v) is 2.57. The lowest BCUT2D eigenvalue weighted by atomic mass is 10.4. The van der Waals surface area contributed by atoms with Gasteiger partial charge in [-0.1, -0.05) is 44.6 Å². The van der Waals surface area contributed by atoms with Crippen LogP contribution < -0.4 is 0 Å². The van der Waals surface area contributed by atoms with Crippen molar-refractivity contribution in [1.29, 1.82) is 0 Å². The van der Waals surface area contributed by atoms with Gasteiger partial charge in [0.25, 0.3) is 0 Å². The zero-order chi connectivity index (χ0) is 6.41. The second kappa shape index (κ2) is 5.75. The number of hydrogen-bond acceptors (Lipinski definition) is 1. The first-order valence-corrected chi connectivity index (χ1v) is 4.77. The highest BCUT2D eigenvalue weighted by molar-refractivity contribution is 14.1. The second-order valence-electron chi connectivity index (χ2n) is 1.16. The summed E-state index contributed by atoms with van der Waals surface area (Å²) in [4.78, 5) is 10.5. The first-order chi connectivity index (χ1) is 3.81. The third-order valence-electron chi connectivity index (χ3n) is 0.525. The van der Waals surface area contributed by atoms with E-state index < -0.39 is 0 Å². The maximum absolute atomic E-state index is 10.5. The number of hydrogen-bond donors (Lipinski definition) is 0. The van der Waals surface area contributed by atoms with Crippen molar-refractivity contribution in [1.82, 2.24) is 0 Å². The molecule has 0 saturated heterocycles. The minimum atomic E-state index is 0.171. The van der Waals surface area contributed by atoms with E-state index in [2.05, 4.69) is 15.9 Å². The van der Waals surface area contributed by atoms with Crippen LogP contribution >= 0.6 is 38.5 Å². The van der Waals surface area contributed by atoms with Gasteiger partial charge < -0.3 is 0 Å². The smallest absolute Gasteiger partial charge is 0.165 e. The quantitative estimate of drug-likeness (QED) is 0.441. The molecule has 8 heavy (non-hydrogen) atoms. The Balaban J connectivity index is 3.37. The fourth-order valence-electron chi connectivity index (χ4n) is 0.221. The van der Waals surface area contributed by atoms with Crippen LogP contribution in [0.15, 0.2) is 12.2 Å². The van der Waals surface area contributed by atoms with E-state index in [1.54, 1.807) is 12.2 Å². The van der Waals surface area contributed by atoms with Crippen molar-refractivity contribution in [2.45, 2.75) is 0 Å². The highest BCUT2D eigenvalue weighted by Crippen LogP contribution is 1.87. The summed E-state index contributed by atoms with van der Waals surface area (Å²) >= 11 is 5.20. The summed E-state index contributed by atoms with van der Waals surface area (Å²) in [5.41, 5.74) is 0. The zero-order valence-corrected chi connectivity index (χ0v) is 7.98. The zero-order valence-electron chi connectivity index (χ0n) is 4.23. The molecule has 0 heterocycles. The number of carbonyl (C=O) groups is 1. The van der Waals surface area contributed by atoms with E-state index >= 15 is 0 Å². The Morgan fingerprint density at radius 3 is 2.75 bits per heavy atom. The van der Waals surface area contributed by atoms with Crippen molar-refractivity contribution in [2.75, 3.05) is 9.76 Å². The topological polar surface area (TPSA) is 17.1 Å². The van der Waals surface area contributed by atoms with E-state index in [0.29, 0.717) is 4.43 Å². The molecular formula is C5H6BrIO. The Morgan fingerprint density at radius 1 is 1.75 bits per heavy atom. The van der Waals surface area contributed by atoms with Gasteiger partial charge >= 0.3 is 0 Å². The van der Waals surface area contributed by atoms with Gasteiger partial charge in [-0.3, -0.25) is 4.79 Å². The molecule has 0 bridgehead atoms. The Labute approximate surface area is 70.8 Å². The minimum absolute atomic E-state index is 0.171. The molecule has 1 nitrogen and oxygen atoms in total. The molecule has 0 spiro atoms. The van der Waals surface area contributed by atoms with Gasteiger partial charge in [-0.05, 0) is 6.08 Å². The number of halogens is 2. The third-order valence-corrected chi connectivity index (χ3v) is 1.65. The lowest BCUT2D eigenvalue weighted by molar-refractivity contribution is -0.112. The fraction of sp³-hybridized carbons (Fsp3) is 0.400. The van der Waals surface area contributed by atoms with Gasteiger partial charge in [0.2, 0.25) is 0 Å². The van der Waals surface area contributed by atoms with Crippen molar-refractivity contribution in [3.8, 4) is 0 Å². The molecule has 0 unspecified atom stereocenters. The predicted molar refractivity (Wildman–Crippen MR) is 46.8 cm³/mol. The first kappa shape index (κ1) is 8.62. The van der Waals surface area contributed by atoms with Crippen molar-refractivity contribution in [3.63, 3.8) is 0 Å². The molecule has 0 saturated carbocycles. The Hall–Kier alpha value is 0.620. The summed E-state index contributed by atoms with van der Waals surface area (Å²) < 4.78 is 0.571. The molecule has 0 aromatic rings. The predicted octanol–water partition coefficient (Wildman–Crippen LogP) is 1.94. The summed E-state index contributed by atoms with van der Waals surface area (Å²) in [6.45, 7) is 0. The number of rotatable bonds is 3. The molecule has 0 fully saturated rings. The molecule has 0 N–H and O–H groups in total. The molecule has 3 heteroatoms. The van der Waals surface area contributed by atoms with Crippen LogP contribution in [-0.2, 0) is 4.79 Å². The van der Waals surface area contributed by atoms with Crippen molar-refractivity contribution in [3.05, 3.63) is 12.2 Å². The van der Waals surface area contributed by atoms with E-state index in [1.807, 2.05) is 22.6 Å². The number of ketones is 1. The van der Waals surface area contributed by atoms with E-state index in [-0.39, 0.29) is 5.78 Å². The van der Waals surface area contributed by atoms with Crippen LogP contribution in [0.5, 0.6) is 0 Å². The van der Waals surface area contributed by atoms with E-state index in [4.69, 9.17) is 0 Å². The average Bonchev–Trinajstić information content (AvgIpc) is 1.83. The summed E-state index contributed by atoms with van der Waals surface area (Å²) in [7, 11) is 0. The summed E-state index contributed by atoms with van der Waals surface area (Å²) in [5.74, 6) is 0.171. The van der Waals surface area contributed by atoms with E-state index in [1.165, 1.54) is 0 Å². The molecule has 0 amide bonds. The lowest BCUT2D eigenvalue weighted by Gasteiger charge is -1.79. The molecule has 0 aliphatic carbocycles. The summed E-state index contributed by atoms with van der Waals surface area (Å²) in [6.07, 6.45) is 3.38. The average molecular weight is 289 g/mol. The molecule has 0 aliphatic rings. The van der Waals surface area contributed by atoms with Crippen molar-refractivity contribution >= 4 is 44.3 Å². The highest BCUT2D eigenvalue weighted by Gasteiger charge is 1.86. The largest absolute Gasteiger partial charge is 0.294 e. The van der Waals surface area contributed by atoms with Crippen LogP contribution in [0.2, 0.25) is 0 Å². The van der Waals surface area contributed by atoms with Crippen LogP contribution in [0, 0.1) is 0 Å². The fourth-order valence-corrected chi connectivity index (χ4v) is 0.662. The third kappa shape index (κ3) is 4.77. The van der Waals surface area contributed by atoms with Gasteiger partial charge in [-0.15, -0.1) is 0 Å². The summed E-state index contributed by atoms with van der Waals surface area (Å²) in [5, 5.41) is 0.759. The van der Waals surface area contributed by atoms with Crippen LogP contribution in [0.25, 0.3) is 0 Å². The monoisotopic (exact) mass is 288 g/mol. The van der Waals surface area contributed by atoms with Gasteiger partial charge in [-0.25, -0.2) is 0 Å². The Kier molecular flexibility index (Phi) is 6.20. The van der Waals surface area contributed by atoms with Gasteiger partial charge in [-0.2, -0.15) is 0 Å². The van der Waals surface area contributed by atoms with Gasteiger partial charge in [0.15, 0.2) is 5.78 Å². The molecule has 0 radical (unpaired) electrons. The Morgan fingerprint density at radius 2 is 2.38 bits per heavy atom. The van der Waals surface area contributed by atoms with Crippen LogP contribution in [0.4, 0.5) is 0 Å². The number of allylic oxidation sites excluding steroid dienone is 2.